The lowest BCUT2D eigenvalue weighted by Crippen LogP contribution is -2.19. The Morgan fingerprint density at radius 3 is 2.00 bits per heavy atom. The molecule has 0 fully saturated rings. The predicted octanol–water partition coefficient (Wildman–Crippen LogP) is 3.62. The molecule has 0 aromatic heterocycles. The van der Waals surface area contributed by atoms with Crippen LogP contribution < -0.4 is 0 Å². The van der Waals surface area contributed by atoms with Crippen LogP contribution in [0.3, 0.4) is 0 Å². The summed E-state index contributed by atoms with van der Waals surface area (Å²) < 4.78 is 27.8. The van der Waals surface area contributed by atoms with Gasteiger partial charge in [-0.1, -0.05) is 13.3 Å². The first-order chi connectivity index (χ1) is 9.02. The Hall–Kier alpha value is -0.380. The fourth-order valence-electron chi connectivity index (χ4n) is 1.86. The molecule has 0 saturated carbocycles. The lowest BCUT2D eigenvalue weighted by Gasteiger charge is -2.20. The van der Waals surface area contributed by atoms with Crippen LogP contribution >= 0.6 is 7.60 Å². The summed E-state index contributed by atoms with van der Waals surface area (Å²) in [7, 11) is -3.06. The van der Waals surface area contributed by atoms with Gasteiger partial charge >= 0.3 is 13.6 Å². The van der Waals surface area contributed by atoms with Crippen LogP contribution in [0.4, 0.5) is 0 Å². The number of hydrogen-bond donors (Lipinski definition) is 0. The predicted molar refractivity (Wildman–Crippen MR) is 75.4 cm³/mol. The van der Waals surface area contributed by atoms with E-state index < -0.39 is 7.60 Å². The molecule has 0 N–H and O–H groups in total. The van der Waals surface area contributed by atoms with E-state index in [0.29, 0.717) is 26.2 Å². The molecule has 0 aliphatic heterocycles. The fourth-order valence-corrected chi connectivity index (χ4v) is 3.61. The number of esters is 1. The summed E-state index contributed by atoms with van der Waals surface area (Å²) in [6.45, 7) is 8.40. The standard InChI is InChI=1S/C13H27O5P/c1-5-9-12(13(14)16-6-2)10-11-19(15,17-7-3)18-8-4/h12H,5-11H2,1-4H3. The first-order valence-electron chi connectivity index (χ1n) is 7.07. The van der Waals surface area contributed by atoms with Crippen molar-refractivity contribution in [2.24, 2.45) is 5.92 Å². The van der Waals surface area contributed by atoms with Crippen LogP contribution in [0, 0.1) is 5.92 Å². The second-order valence-corrected chi connectivity index (χ2v) is 6.38. The Morgan fingerprint density at radius 2 is 1.58 bits per heavy atom. The van der Waals surface area contributed by atoms with E-state index in [0.717, 1.165) is 12.8 Å². The molecule has 0 spiro atoms. The molecular weight excluding hydrogens is 267 g/mol. The van der Waals surface area contributed by atoms with Crippen LogP contribution in [0.15, 0.2) is 0 Å². The molecule has 114 valence electrons. The molecule has 1 atom stereocenters. The molecule has 0 amide bonds. The quantitative estimate of drug-likeness (QED) is 0.430. The SMILES string of the molecule is CCCC(CCP(=O)(OCC)OCC)C(=O)OCC. The monoisotopic (exact) mass is 294 g/mol. The highest BCUT2D eigenvalue weighted by Gasteiger charge is 2.28. The van der Waals surface area contributed by atoms with E-state index in [4.69, 9.17) is 13.8 Å². The molecule has 0 heterocycles. The first-order valence-corrected chi connectivity index (χ1v) is 8.80. The molecule has 0 aliphatic carbocycles. The smallest absolute Gasteiger partial charge is 0.330 e. The second-order valence-electron chi connectivity index (χ2n) is 4.20. The molecular formula is C13H27O5P. The van der Waals surface area contributed by atoms with E-state index in [1.807, 2.05) is 6.92 Å². The van der Waals surface area contributed by atoms with Crippen LogP contribution in [-0.4, -0.2) is 32.0 Å². The maximum atomic E-state index is 12.3. The minimum atomic E-state index is -3.06. The molecule has 0 aromatic carbocycles. The molecule has 0 rings (SSSR count). The van der Waals surface area contributed by atoms with Crippen molar-refractivity contribution < 1.29 is 23.1 Å². The van der Waals surface area contributed by atoms with Crippen molar-refractivity contribution in [3.8, 4) is 0 Å². The third-order valence-electron chi connectivity index (χ3n) is 2.66. The first kappa shape index (κ1) is 18.6. The molecule has 5 nitrogen and oxygen atoms in total. The minimum Gasteiger partial charge on any atom is -0.466 e. The van der Waals surface area contributed by atoms with Gasteiger partial charge in [-0.3, -0.25) is 9.36 Å². The zero-order valence-corrected chi connectivity index (χ0v) is 13.4. The summed E-state index contributed by atoms with van der Waals surface area (Å²) in [5.74, 6) is -0.442. The Morgan fingerprint density at radius 1 is 1.00 bits per heavy atom. The third-order valence-corrected chi connectivity index (χ3v) is 4.77. The van der Waals surface area contributed by atoms with Crippen molar-refractivity contribution in [1.29, 1.82) is 0 Å². The Bertz CT molecular complexity index is 283. The highest BCUT2D eigenvalue weighted by molar-refractivity contribution is 7.53. The van der Waals surface area contributed by atoms with Crippen molar-refractivity contribution in [3.63, 3.8) is 0 Å². The Kier molecular flexibility index (Phi) is 10.2. The van der Waals surface area contributed by atoms with Crippen molar-refractivity contribution in [2.45, 2.75) is 47.0 Å². The van der Waals surface area contributed by atoms with Crippen LogP contribution in [-0.2, 0) is 23.1 Å². The van der Waals surface area contributed by atoms with Gasteiger partial charge in [-0.25, -0.2) is 0 Å². The van der Waals surface area contributed by atoms with Crippen LogP contribution in [0.2, 0.25) is 0 Å². The summed E-state index contributed by atoms with van der Waals surface area (Å²) in [6.07, 6.45) is 2.36. The summed E-state index contributed by atoms with van der Waals surface area (Å²) in [5.41, 5.74) is 0. The average Bonchev–Trinajstić information content (AvgIpc) is 2.35. The molecule has 19 heavy (non-hydrogen) atoms. The zero-order chi connectivity index (χ0) is 14.7. The Labute approximate surface area is 116 Å². The highest BCUT2D eigenvalue weighted by Crippen LogP contribution is 2.49. The summed E-state index contributed by atoms with van der Waals surface area (Å²) in [4.78, 5) is 11.8. The third kappa shape index (κ3) is 7.71. The lowest BCUT2D eigenvalue weighted by molar-refractivity contribution is -0.148. The van der Waals surface area contributed by atoms with Gasteiger partial charge in [0.1, 0.15) is 0 Å². The number of carbonyl (C=O) groups excluding carboxylic acids is 1. The lowest BCUT2D eigenvalue weighted by atomic mass is 10.0. The van der Waals surface area contributed by atoms with Gasteiger partial charge in [0.2, 0.25) is 0 Å². The van der Waals surface area contributed by atoms with Gasteiger partial charge in [-0.15, -0.1) is 0 Å². The summed E-state index contributed by atoms with van der Waals surface area (Å²) >= 11 is 0. The molecule has 0 aromatic rings. The van der Waals surface area contributed by atoms with Crippen LogP contribution in [0.25, 0.3) is 0 Å². The maximum absolute atomic E-state index is 12.3. The highest BCUT2D eigenvalue weighted by atomic mass is 31.2. The average molecular weight is 294 g/mol. The van der Waals surface area contributed by atoms with Gasteiger partial charge in [0.15, 0.2) is 0 Å². The van der Waals surface area contributed by atoms with E-state index >= 15 is 0 Å². The van der Waals surface area contributed by atoms with Crippen molar-refractivity contribution >= 4 is 13.6 Å². The van der Waals surface area contributed by atoms with Gasteiger partial charge in [0.25, 0.3) is 0 Å². The summed E-state index contributed by atoms with van der Waals surface area (Å²) in [5, 5.41) is 0. The molecule has 0 radical (unpaired) electrons. The van der Waals surface area contributed by atoms with Gasteiger partial charge in [0, 0.05) is 0 Å². The van der Waals surface area contributed by atoms with E-state index in [1.54, 1.807) is 20.8 Å². The topological polar surface area (TPSA) is 61.8 Å². The molecule has 0 bridgehead atoms. The zero-order valence-electron chi connectivity index (χ0n) is 12.5. The number of hydrogen-bond acceptors (Lipinski definition) is 5. The van der Waals surface area contributed by atoms with Gasteiger partial charge in [0.05, 0.1) is 31.9 Å². The fraction of sp³-hybridized carbons (Fsp3) is 0.923. The minimum absolute atomic E-state index is 0.219. The van der Waals surface area contributed by atoms with Crippen LogP contribution in [0.1, 0.15) is 47.0 Å². The molecule has 1 unspecified atom stereocenters. The van der Waals surface area contributed by atoms with Crippen molar-refractivity contribution in [2.75, 3.05) is 26.0 Å². The van der Waals surface area contributed by atoms with Gasteiger partial charge < -0.3 is 13.8 Å². The molecule has 6 heteroatoms. The van der Waals surface area contributed by atoms with E-state index in [1.165, 1.54) is 0 Å². The number of rotatable bonds is 11. The van der Waals surface area contributed by atoms with Crippen molar-refractivity contribution in [1.82, 2.24) is 0 Å². The van der Waals surface area contributed by atoms with Gasteiger partial charge in [-0.05, 0) is 33.6 Å². The Balaban J connectivity index is 4.49. The van der Waals surface area contributed by atoms with E-state index in [9.17, 15) is 9.36 Å². The number of carbonyl (C=O) groups is 1. The van der Waals surface area contributed by atoms with Gasteiger partial charge in [-0.2, -0.15) is 0 Å². The summed E-state index contributed by atoms with van der Waals surface area (Å²) in [6, 6.07) is 0. The largest absolute Gasteiger partial charge is 0.466 e. The van der Waals surface area contributed by atoms with Crippen molar-refractivity contribution in [3.05, 3.63) is 0 Å². The molecule has 0 aliphatic rings. The van der Waals surface area contributed by atoms with E-state index in [-0.39, 0.29) is 18.0 Å². The number of ether oxygens (including phenoxy) is 1. The normalized spacial score (nSPS) is 13.3. The van der Waals surface area contributed by atoms with Crippen LogP contribution in [0.5, 0.6) is 0 Å². The molecule has 0 saturated heterocycles. The second kappa shape index (κ2) is 10.4. The maximum Gasteiger partial charge on any atom is 0.330 e. The van der Waals surface area contributed by atoms with E-state index in [2.05, 4.69) is 0 Å².